The van der Waals surface area contributed by atoms with Crippen molar-refractivity contribution in [2.24, 2.45) is 0 Å². The number of alkyl halides is 1. The molecule has 0 aliphatic rings. The van der Waals surface area contributed by atoms with Crippen LogP contribution in [0.3, 0.4) is 0 Å². The van der Waals surface area contributed by atoms with E-state index in [1.165, 1.54) is 16.7 Å². The van der Waals surface area contributed by atoms with Crippen molar-refractivity contribution in [2.45, 2.75) is 18.7 Å². The molecule has 0 bridgehead atoms. The quantitative estimate of drug-likeness (QED) is 0.610. The van der Waals surface area contributed by atoms with Gasteiger partial charge in [-0.25, -0.2) is 0 Å². The summed E-state index contributed by atoms with van der Waals surface area (Å²) < 4.78 is 11.8. The Balaban J connectivity index is 2.49. The third kappa shape index (κ3) is 3.61. The SMILES string of the molecule is COc1cc(C)c(C(Br)c2cc(C)cc(Br)c2)cc1OC. The fourth-order valence-electron chi connectivity index (χ4n) is 2.36. The van der Waals surface area contributed by atoms with Crippen LogP contribution in [0.4, 0.5) is 0 Å². The van der Waals surface area contributed by atoms with E-state index in [-0.39, 0.29) is 4.83 Å². The first kappa shape index (κ1) is 16.4. The maximum absolute atomic E-state index is 5.41. The maximum Gasteiger partial charge on any atom is 0.161 e. The molecule has 0 saturated carbocycles. The fraction of sp³-hybridized carbons (Fsp3) is 0.294. The Kier molecular flexibility index (Phi) is 5.33. The van der Waals surface area contributed by atoms with Crippen molar-refractivity contribution in [1.82, 2.24) is 0 Å². The van der Waals surface area contributed by atoms with E-state index in [0.717, 1.165) is 21.5 Å². The molecule has 0 amide bonds. The lowest BCUT2D eigenvalue weighted by molar-refractivity contribution is 0.354. The smallest absolute Gasteiger partial charge is 0.161 e. The second kappa shape index (κ2) is 6.84. The molecule has 2 aromatic carbocycles. The average Bonchev–Trinajstić information content (AvgIpc) is 2.45. The Labute approximate surface area is 142 Å². The zero-order chi connectivity index (χ0) is 15.6. The highest BCUT2D eigenvalue weighted by Gasteiger charge is 2.17. The topological polar surface area (TPSA) is 18.5 Å². The zero-order valence-corrected chi connectivity index (χ0v) is 15.7. The minimum absolute atomic E-state index is 0.105. The van der Waals surface area contributed by atoms with Crippen LogP contribution in [0.2, 0.25) is 0 Å². The van der Waals surface area contributed by atoms with E-state index in [0.29, 0.717) is 0 Å². The van der Waals surface area contributed by atoms with Crippen molar-refractivity contribution in [1.29, 1.82) is 0 Å². The predicted molar refractivity (Wildman–Crippen MR) is 93.9 cm³/mol. The molecule has 0 aliphatic heterocycles. The molecule has 0 N–H and O–H groups in total. The van der Waals surface area contributed by atoms with Crippen LogP contribution in [0, 0.1) is 13.8 Å². The predicted octanol–water partition coefficient (Wildman–Crippen LogP) is 5.57. The van der Waals surface area contributed by atoms with Gasteiger partial charge in [0.1, 0.15) is 0 Å². The van der Waals surface area contributed by atoms with Gasteiger partial charge in [0, 0.05) is 4.47 Å². The van der Waals surface area contributed by atoms with Gasteiger partial charge in [0.05, 0.1) is 19.0 Å². The highest BCUT2D eigenvalue weighted by molar-refractivity contribution is 9.10. The monoisotopic (exact) mass is 412 g/mol. The van der Waals surface area contributed by atoms with Crippen molar-refractivity contribution in [3.05, 3.63) is 57.1 Å². The molecule has 1 unspecified atom stereocenters. The van der Waals surface area contributed by atoms with Gasteiger partial charge in [0.25, 0.3) is 0 Å². The van der Waals surface area contributed by atoms with E-state index in [1.807, 2.05) is 12.1 Å². The number of methoxy groups -OCH3 is 2. The Hall–Kier alpha value is -1.00. The minimum Gasteiger partial charge on any atom is -0.493 e. The van der Waals surface area contributed by atoms with Crippen molar-refractivity contribution in [2.75, 3.05) is 14.2 Å². The summed E-state index contributed by atoms with van der Waals surface area (Å²) in [6.07, 6.45) is 0. The Morgan fingerprint density at radius 2 is 1.52 bits per heavy atom. The van der Waals surface area contributed by atoms with Gasteiger partial charge in [0.15, 0.2) is 11.5 Å². The van der Waals surface area contributed by atoms with Gasteiger partial charge in [0.2, 0.25) is 0 Å². The van der Waals surface area contributed by atoms with E-state index in [4.69, 9.17) is 9.47 Å². The number of aryl methyl sites for hydroxylation is 2. The summed E-state index contributed by atoms with van der Waals surface area (Å²) in [4.78, 5) is 0.105. The van der Waals surface area contributed by atoms with E-state index >= 15 is 0 Å². The molecule has 2 aromatic rings. The molecule has 0 heterocycles. The molecule has 112 valence electrons. The molecule has 0 aromatic heterocycles. The minimum atomic E-state index is 0.105. The first-order valence-electron chi connectivity index (χ1n) is 6.60. The summed E-state index contributed by atoms with van der Waals surface area (Å²) in [6, 6.07) is 10.4. The van der Waals surface area contributed by atoms with Crippen LogP contribution in [0.1, 0.15) is 27.1 Å². The number of ether oxygens (including phenoxy) is 2. The molecule has 21 heavy (non-hydrogen) atoms. The maximum atomic E-state index is 5.41. The second-order valence-electron chi connectivity index (χ2n) is 4.99. The van der Waals surface area contributed by atoms with E-state index < -0.39 is 0 Å². The van der Waals surface area contributed by atoms with Gasteiger partial charge >= 0.3 is 0 Å². The molecular weight excluding hydrogens is 396 g/mol. The summed E-state index contributed by atoms with van der Waals surface area (Å²) in [5.74, 6) is 1.50. The van der Waals surface area contributed by atoms with Crippen LogP contribution >= 0.6 is 31.9 Å². The number of rotatable bonds is 4. The second-order valence-corrected chi connectivity index (χ2v) is 6.82. The number of benzene rings is 2. The summed E-state index contributed by atoms with van der Waals surface area (Å²) in [5.41, 5.74) is 4.76. The Morgan fingerprint density at radius 3 is 2.10 bits per heavy atom. The third-order valence-electron chi connectivity index (χ3n) is 3.40. The molecule has 0 spiro atoms. The number of hydrogen-bond donors (Lipinski definition) is 0. The molecule has 4 heteroatoms. The van der Waals surface area contributed by atoms with Gasteiger partial charge in [-0.3, -0.25) is 0 Å². The zero-order valence-electron chi connectivity index (χ0n) is 12.5. The molecule has 1 atom stereocenters. The molecule has 2 rings (SSSR count). The third-order valence-corrected chi connectivity index (χ3v) is 4.88. The van der Waals surface area contributed by atoms with Crippen LogP contribution in [0.25, 0.3) is 0 Å². The normalized spacial score (nSPS) is 12.1. The van der Waals surface area contributed by atoms with Crippen molar-refractivity contribution >= 4 is 31.9 Å². The molecule has 0 fully saturated rings. The highest BCUT2D eigenvalue weighted by Crippen LogP contribution is 2.39. The molecule has 0 saturated heterocycles. The van der Waals surface area contributed by atoms with Crippen molar-refractivity contribution < 1.29 is 9.47 Å². The number of hydrogen-bond acceptors (Lipinski definition) is 2. The summed E-state index contributed by atoms with van der Waals surface area (Å²) >= 11 is 7.36. The molecular formula is C17H18Br2O2. The summed E-state index contributed by atoms with van der Waals surface area (Å²) in [7, 11) is 3.31. The summed E-state index contributed by atoms with van der Waals surface area (Å²) in [5, 5.41) is 0. The van der Waals surface area contributed by atoms with Gasteiger partial charge in [-0.05, 0) is 60.4 Å². The summed E-state index contributed by atoms with van der Waals surface area (Å²) in [6.45, 7) is 4.17. The van der Waals surface area contributed by atoms with Gasteiger partial charge in [-0.1, -0.05) is 37.9 Å². The van der Waals surface area contributed by atoms with E-state index in [1.54, 1.807) is 14.2 Å². The van der Waals surface area contributed by atoms with Crippen LogP contribution in [0.15, 0.2) is 34.8 Å². The Bertz CT molecular complexity index is 633. The molecule has 2 nitrogen and oxygen atoms in total. The van der Waals surface area contributed by atoms with Crippen LogP contribution in [-0.4, -0.2) is 14.2 Å². The first-order chi connectivity index (χ1) is 9.96. The van der Waals surface area contributed by atoms with Crippen LogP contribution < -0.4 is 9.47 Å². The lowest BCUT2D eigenvalue weighted by Gasteiger charge is -2.18. The lowest BCUT2D eigenvalue weighted by atomic mass is 9.98. The van der Waals surface area contributed by atoms with Crippen LogP contribution in [-0.2, 0) is 0 Å². The highest BCUT2D eigenvalue weighted by atomic mass is 79.9. The van der Waals surface area contributed by atoms with Gasteiger partial charge < -0.3 is 9.47 Å². The first-order valence-corrected chi connectivity index (χ1v) is 8.30. The average molecular weight is 414 g/mol. The standard InChI is InChI=1S/C17H18Br2O2/c1-10-5-12(8-13(18)6-10)17(19)14-9-16(21-4)15(20-3)7-11(14)2/h5-9,17H,1-4H3. The van der Waals surface area contributed by atoms with Gasteiger partial charge in [-0.15, -0.1) is 0 Å². The van der Waals surface area contributed by atoms with E-state index in [9.17, 15) is 0 Å². The number of halogens is 2. The van der Waals surface area contributed by atoms with Crippen molar-refractivity contribution in [3.63, 3.8) is 0 Å². The molecule has 0 aliphatic carbocycles. The largest absolute Gasteiger partial charge is 0.493 e. The van der Waals surface area contributed by atoms with E-state index in [2.05, 4.69) is 63.9 Å². The lowest BCUT2D eigenvalue weighted by Crippen LogP contribution is -2.00. The van der Waals surface area contributed by atoms with Crippen molar-refractivity contribution in [3.8, 4) is 11.5 Å². The fourth-order valence-corrected chi connectivity index (χ4v) is 3.74. The molecule has 0 radical (unpaired) electrons. The van der Waals surface area contributed by atoms with Crippen LogP contribution in [0.5, 0.6) is 11.5 Å². The Morgan fingerprint density at radius 1 is 0.905 bits per heavy atom. The van der Waals surface area contributed by atoms with Gasteiger partial charge in [-0.2, -0.15) is 0 Å².